The van der Waals surface area contributed by atoms with E-state index in [9.17, 15) is 4.39 Å². The molecule has 1 fully saturated rings. The summed E-state index contributed by atoms with van der Waals surface area (Å²) in [4.78, 5) is 2.52. The van der Waals surface area contributed by atoms with Gasteiger partial charge in [-0.1, -0.05) is 12.1 Å². The summed E-state index contributed by atoms with van der Waals surface area (Å²) in [5, 5.41) is 3.57. The fourth-order valence-corrected chi connectivity index (χ4v) is 2.48. The van der Waals surface area contributed by atoms with E-state index in [0.29, 0.717) is 12.1 Å². The monoisotopic (exact) mass is 250 g/mol. The molecule has 1 aromatic carbocycles. The summed E-state index contributed by atoms with van der Waals surface area (Å²) in [5.41, 5.74) is 1.16. The van der Waals surface area contributed by atoms with Gasteiger partial charge >= 0.3 is 0 Å². The predicted molar refractivity (Wildman–Crippen MR) is 73.0 cm³/mol. The van der Waals surface area contributed by atoms with Crippen LogP contribution in [0, 0.1) is 5.82 Å². The maximum atomic E-state index is 12.8. The largest absolute Gasteiger partial charge is 0.310 e. The van der Waals surface area contributed by atoms with E-state index in [4.69, 9.17) is 0 Å². The average molecular weight is 250 g/mol. The van der Waals surface area contributed by atoms with Crippen molar-refractivity contribution in [1.82, 2.24) is 10.2 Å². The van der Waals surface area contributed by atoms with Crippen LogP contribution < -0.4 is 5.32 Å². The molecule has 0 saturated carbocycles. The molecule has 1 aromatic rings. The first-order chi connectivity index (χ1) is 8.65. The third-order valence-electron chi connectivity index (χ3n) is 3.77. The Morgan fingerprint density at radius 1 is 1.22 bits per heavy atom. The van der Waals surface area contributed by atoms with E-state index in [1.165, 1.54) is 38.1 Å². The van der Waals surface area contributed by atoms with Crippen LogP contribution in [0.25, 0.3) is 0 Å². The molecule has 1 saturated heterocycles. The van der Waals surface area contributed by atoms with Crippen LogP contribution in [-0.2, 0) is 6.54 Å². The molecule has 0 unspecified atom stereocenters. The van der Waals surface area contributed by atoms with Gasteiger partial charge < -0.3 is 10.2 Å². The van der Waals surface area contributed by atoms with E-state index in [1.807, 2.05) is 12.1 Å². The molecule has 0 aromatic heterocycles. The molecule has 1 aliphatic rings. The van der Waals surface area contributed by atoms with Gasteiger partial charge in [-0.25, -0.2) is 4.39 Å². The van der Waals surface area contributed by atoms with Crippen LogP contribution in [0.5, 0.6) is 0 Å². The van der Waals surface area contributed by atoms with Crippen molar-refractivity contribution in [3.63, 3.8) is 0 Å². The van der Waals surface area contributed by atoms with Gasteiger partial charge in [0.25, 0.3) is 0 Å². The first-order valence-electron chi connectivity index (χ1n) is 6.87. The molecular formula is C15H23FN2. The van der Waals surface area contributed by atoms with Crippen molar-refractivity contribution >= 4 is 0 Å². The van der Waals surface area contributed by atoms with Crippen molar-refractivity contribution < 1.29 is 4.39 Å². The number of nitrogens with one attached hydrogen (secondary N) is 1. The van der Waals surface area contributed by atoms with Crippen molar-refractivity contribution in [1.29, 1.82) is 0 Å². The lowest BCUT2D eigenvalue weighted by molar-refractivity contribution is 0.161. The van der Waals surface area contributed by atoms with Crippen molar-refractivity contribution in [3.05, 3.63) is 35.6 Å². The Bertz CT molecular complexity index is 353. The fourth-order valence-electron chi connectivity index (χ4n) is 2.48. The van der Waals surface area contributed by atoms with Crippen LogP contribution >= 0.6 is 0 Å². The summed E-state index contributed by atoms with van der Waals surface area (Å²) in [5.74, 6) is -0.163. The molecule has 1 N–H and O–H groups in total. The van der Waals surface area contributed by atoms with Gasteiger partial charge in [0, 0.05) is 18.6 Å². The van der Waals surface area contributed by atoms with E-state index in [1.54, 1.807) is 0 Å². The molecule has 18 heavy (non-hydrogen) atoms. The van der Waals surface area contributed by atoms with Gasteiger partial charge in [-0.2, -0.15) is 0 Å². The van der Waals surface area contributed by atoms with Crippen LogP contribution in [0.4, 0.5) is 4.39 Å². The molecule has 0 atom stereocenters. The predicted octanol–water partition coefficient (Wildman–Crippen LogP) is 2.79. The summed E-state index contributed by atoms with van der Waals surface area (Å²) in [6.07, 6.45) is 2.42. The van der Waals surface area contributed by atoms with Gasteiger partial charge in [0.05, 0.1) is 0 Å². The second-order valence-corrected chi connectivity index (χ2v) is 5.41. The number of likely N-dealkylation sites (tertiary alicyclic amines) is 1. The van der Waals surface area contributed by atoms with Gasteiger partial charge in [0.1, 0.15) is 5.82 Å². The van der Waals surface area contributed by atoms with Crippen molar-refractivity contribution in [2.75, 3.05) is 13.1 Å². The summed E-state index contributed by atoms with van der Waals surface area (Å²) in [6, 6.07) is 8.02. The molecule has 1 aliphatic heterocycles. The molecule has 1 heterocycles. The third kappa shape index (κ3) is 3.79. The number of benzene rings is 1. The highest BCUT2D eigenvalue weighted by Crippen LogP contribution is 2.13. The zero-order chi connectivity index (χ0) is 13.0. The van der Waals surface area contributed by atoms with Crippen molar-refractivity contribution in [2.24, 2.45) is 0 Å². The zero-order valence-electron chi connectivity index (χ0n) is 11.3. The third-order valence-corrected chi connectivity index (χ3v) is 3.77. The molecule has 0 spiro atoms. The first kappa shape index (κ1) is 13.5. The van der Waals surface area contributed by atoms with E-state index in [-0.39, 0.29) is 5.82 Å². The topological polar surface area (TPSA) is 15.3 Å². The number of hydrogen-bond donors (Lipinski definition) is 1. The minimum absolute atomic E-state index is 0.163. The second kappa shape index (κ2) is 6.30. The maximum absolute atomic E-state index is 12.8. The van der Waals surface area contributed by atoms with Crippen LogP contribution in [0.15, 0.2) is 24.3 Å². The number of halogens is 1. The zero-order valence-corrected chi connectivity index (χ0v) is 11.3. The van der Waals surface area contributed by atoms with Crippen LogP contribution in [0.1, 0.15) is 32.3 Å². The number of hydrogen-bond acceptors (Lipinski definition) is 2. The lowest BCUT2D eigenvalue weighted by Crippen LogP contribution is -2.44. The Hall–Kier alpha value is -0.930. The average Bonchev–Trinajstić information content (AvgIpc) is 2.38. The normalized spacial score (nSPS) is 18.4. The summed E-state index contributed by atoms with van der Waals surface area (Å²) < 4.78 is 12.8. The molecule has 0 bridgehead atoms. The number of rotatable bonds is 4. The molecule has 2 nitrogen and oxygen atoms in total. The van der Waals surface area contributed by atoms with Crippen molar-refractivity contribution in [3.8, 4) is 0 Å². The molecular weight excluding hydrogens is 227 g/mol. The van der Waals surface area contributed by atoms with Crippen molar-refractivity contribution in [2.45, 2.75) is 45.3 Å². The Labute approximate surface area is 109 Å². The smallest absolute Gasteiger partial charge is 0.123 e. The maximum Gasteiger partial charge on any atom is 0.123 e. The lowest BCUT2D eigenvalue weighted by atomic mass is 10.0. The summed E-state index contributed by atoms with van der Waals surface area (Å²) in [6.45, 7) is 7.71. The molecule has 0 amide bonds. The Morgan fingerprint density at radius 3 is 2.39 bits per heavy atom. The van der Waals surface area contributed by atoms with E-state index in [2.05, 4.69) is 24.1 Å². The minimum atomic E-state index is -0.163. The Kier molecular flexibility index (Phi) is 4.72. The second-order valence-electron chi connectivity index (χ2n) is 5.41. The quantitative estimate of drug-likeness (QED) is 0.884. The van der Waals surface area contributed by atoms with E-state index in [0.717, 1.165) is 12.1 Å². The first-order valence-corrected chi connectivity index (χ1v) is 6.87. The number of nitrogens with zero attached hydrogens (tertiary/aromatic N) is 1. The van der Waals surface area contributed by atoms with Gasteiger partial charge in [-0.05, 0) is 57.5 Å². The standard InChI is InChI=1S/C15H23FN2/c1-12(2)18-9-7-15(8-10-18)17-11-13-3-5-14(16)6-4-13/h3-6,12,15,17H,7-11H2,1-2H3. The van der Waals surface area contributed by atoms with Crippen LogP contribution in [0.2, 0.25) is 0 Å². The SMILES string of the molecule is CC(C)N1CCC(NCc2ccc(F)cc2)CC1. The van der Waals surface area contributed by atoms with Crippen LogP contribution in [-0.4, -0.2) is 30.1 Å². The highest BCUT2D eigenvalue weighted by atomic mass is 19.1. The summed E-state index contributed by atoms with van der Waals surface area (Å²) >= 11 is 0. The van der Waals surface area contributed by atoms with Gasteiger partial charge in [-0.15, -0.1) is 0 Å². The highest BCUT2D eigenvalue weighted by molar-refractivity contribution is 5.15. The van der Waals surface area contributed by atoms with E-state index >= 15 is 0 Å². The van der Waals surface area contributed by atoms with Gasteiger partial charge in [0.2, 0.25) is 0 Å². The van der Waals surface area contributed by atoms with Gasteiger partial charge in [0.15, 0.2) is 0 Å². The number of piperidine rings is 1. The lowest BCUT2D eigenvalue weighted by Gasteiger charge is -2.35. The fraction of sp³-hybridized carbons (Fsp3) is 0.600. The van der Waals surface area contributed by atoms with Gasteiger partial charge in [-0.3, -0.25) is 0 Å². The molecule has 2 rings (SSSR count). The Morgan fingerprint density at radius 2 is 1.83 bits per heavy atom. The minimum Gasteiger partial charge on any atom is -0.310 e. The van der Waals surface area contributed by atoms with E-state index < -0.39 is 0 Å². The summed E-state index contributed by atoms with van der Waals surface area (Å²) in [7, 11) is 0. The highest BCUT2D eigenvalue weighted by Gasteiger charge is 2.19. The molecule has 0 radical (unpaired) electrons. The molecule has 0 aliphatic carbocycles. The molecule has 3 heteroatoms. The molecule has 100 valence electrons. The van der Waals surface area contributed by atoms with Crippen LogP contribution in [0.3, 0.4) is 0 Å². The Balaban J connectivity index is 1.74.